The van der Waals surface area contributed by atoms with Gasteiger partial charge in [0.25, 0.3) is 0 Å². The Morgan fingerprint density at radius 3 is 2.38 bits per heavy atom. The van der Waals surface area contributed by atoms with Crippen LogP contribution in [0.4, 0.5) is 0 Å². The topological polar surface area (TPSA) is 80.4 Å². The standard InChI is InChI=1S/C8H15NO4/c1-6(7(10)11)4-8(2,3)5-9(12)13/h6H,4-5H2,1-3H3,(H,10,11)/t6-/m0/s1. The molecule has 0 aromatic heterocycles. The highest BCUT2D eigenvalue weighted by molar-refractivity contribution is 5.69. The predicted molar refractivity (Wildman–Crippen MR) is 47.1 cm³/mol. The highest BCUT2D eigenvalue weighted by Crippen LogP contribution is 2.25. The van der Waals surface area contributed by atoms with Crippen LogP contribution in [-0.4, -0.2) is 22.5 Å². The molecule has 0 heterocycles. The van der Waals surface area contributed by atoms with Crippen LogP contribution >= 0.6 is 0 Å². The van der Waals surface area contributed by atoms with Crippen LogP contribution in [0.2, 0.25) is 0 Å². The molecular weight excluding hydrogens is 174 g/mol. The summed E-state index contributed by atoms with van der Waals surface area (Å²) in [5.74, 6) is -1.44. The number of carboxylic acids is 1. The molecule has 0 radical (unpaired) electrons. The summed E-state index contributed by atoms with van der Waals surface area (Å²) in [4.78, 5) is 20.3. The summed E-state index contributed by atoms with van der Waals surface area (Å²) in [6.45, 7) is 4.78. The van der Waals surface area contributed by atoms with Crippen molar-refractivity contribution >= 4 is 5.97 Å². The smallest absolute Gasteiger partial charge is 0.306 e. The van der Waals surface area contributed by atoms with Crippen LogP contribution in [0.5, 0.6) is 0 Å². The maximum Gasteiger partial charge on any atom is 0.306 e. The maximum atomic E-state index is 10.5. The first-order valence-electron chi connectivity index (χ1n) is 4.09. The number of nitro groups is 1. The van der Waals surface area contributed by atoms with E-state index in [2.05, 4.69) is 0 Å². The Labute approximate surface area is 76.9 Å². The lowest BCUT2D eigenvalue weighted by molar-refractivity contribution is -0.496. The van der Waals surface area contributed by atoms with Crippen LogP contribution < -0.4 is 0 Å². The van der Waals surface area contributed by atoms with Gasteiger partial charge in [-0.2, -0.15) is 0 Å². The highest BCUT2D eigenvalue weighted by atomic mass is 16.6. The molecule has 0 unspecified atom stereocenters. The largest absolute Gasteiger partial charge is 0.481 e. The van der Waals surface area contributed by atoms with Gasteiger partial charge in [-0.1, -0.05) is 20.8 Å². The molecule has 0 bridgehead atoms. The average molecular weight is 189 g/mol. The minimum Gasteiger partial charge on any atom is -0.481 e. The second-order valence-corrected chi connectivity index (χ2v) is 4.10. The molecule has 0 rings (SSSR count). The zero-order valence-corrected chi connectivity index (χ0v) is 8.11. The first-order valence-corrected chi connectivity index (χ1v) is 4.09. The van der Waals surface area contributed by atoms with Crippen molar-refractivity contribution < 1.29 is 14.8 Å². The molecule has 0 amide bonds. The molecule has 1 N–H and O–H groups in total. The zero-order valence-electron chi connectivity index (χ0n) is 8.11. The van der Waals surface area contributed by atoms with E-state index in [1.54, 1.807) is 20.8 Å². The molecule has 0 aliphatic rings. The number of nitrogens with zero attached hydrogens (tertiary/aromatic N) is 1. The van der Waals surface area contributed by atoms with E-state index in [9.17, 15) is 14.9 Å². The van der Waals surface area contributed by atoms with Gasteiger partial charge in [0, 0.05) is 10.3 Å². The first-order chi connectivity index (χ1) is 5.74. The molecule has 0 spiro atoms. The van der Waals surface area contributed by atoms with E-state index in [0.717, 1.165) is 0 Å². The van der Waals surface area contributed by atoms with Crippen molar-refractivity contribution in [3.05, 3.63) is 10.1 Å². The minimum absolute atomic E-state index is 0.190. The van der Waals surface area contributed by atoms with Gasteiger partial charge in [0.1, 0.15) is 0 Å². The zero-order chi connectivity index (χ0) is 10.6. The monoisotopic (exact) mass is 189 g/mol. The Morgan fingerprint density at radius 2 is 2.08 bits per heavy atom. The van der Waals surface area contributed by atoms with Gasteiger partial charge < -0.3 is 5.11 Å². The molecule has 0 fully saturated rings. The van der Waals surface area contributed by atoms with Crippen molar-refractivity contribution in [1.29, 1.82) is 0 Å². The Kier molecular flexibility index (Phi) is 3.84. The molecule has 13 heavy (non-hydrogen) atoms. The minimum atomic E-state index is -0.906. The third-order valence-corrected chi connectivity index (χ3v) is 1.84. The predicted octanol–water partition coefficient (Wildman–Crippen LogP) is 1.40. The third-order valence-electron chi connectivity index (χ3n) is 1.84. The van der Waals surface area contributed by atoms with Crippen LogP contribution in [-0.2, 0) is 4.79 Å². The van der Waals surface area contributed by atoms with E-state index in [0.29, 0.717) is 6.42 Å². The van der Waals surface area contributed by atoms with E-state index in [4.69, 9.17) is 5.11 Å². The molecule has 76 valence electrons. The van der Waals surface area contributed by atoms with Crippen molar-refractivity contribution in [2.24, 2.45) is 11.3 Å². The molecule has 5 nitrogen and oxygen atoms in total. The molecule has 0 aliphatic heterocycles. The van der Waals surface area contributed by atoms with Crippen molar-refractivity contribution in [2.75, 3.05) is 6.54 Å². The summed E-state index contributed by atoms with van der Waals surface area (Å²) in [5, 5.41) is 18.8. The second-order valence-electron chi connectivity index (χ2n) is 4.10. The molecule has 0 aromatic rings. The molecule has 1 atom stereocenters. The maximum absolute atomic E-state index is 10.5. The molecular formula is C8H15NO4. The van der Waals surface area contributed by atoms with E-state index in [1.807, 2.05) is 0 Å². The van der Waals surface area contributed by atoms with Gasteiger partial charge >= 0.3 is 5.97 Å². The van der Waals surface area contributed by atoms with E-state index < -0.39 is 22.2 Å². The SMILES string of the molecule is C[C@@H](CC(C)(C)C[N+](=O)[O-])C(=O)O. The summed E-state index contributed by atoms with van der Waals surface area (Å²) in [6, 6.07) is 0. The van der Waals surface area contributed by atoms with Crippen LogP contribution in [0.15, 0.2) is 0 Å². The lowest BCUT2D eigenvalue weighted by atomic mass is 9.83. The Morgan fingerprint density at radius 1 is 1.62 bits per heavy atom. The molecule has 0 saturated heterocycles. The van der Waals surface area contributed by atoms with Gasteiger partial charge in [-0.3, -0.25) is 14.9 Å². The van der Waals surface area contributed by atoms with Gasteiger partial charge in [-0.15, -0.1) is 0 Å². The van der Waals surface area contributed by atoms with Crippen LogP contribution in [0.25, 0.3) is 0 Å². The number of aliphatic carboxylic acids is 1. The normalized spacial score (nSPS) is 13.8. The molecule has 0 aromatic carbocycles. The summed E-state index contributed by atoms with van der Waals surface area (Å²) >= 11 is 0. The lowest BCUT2D eigenvalue weighted by Gasteiger charge is -2.21. The lowest BCUT2D eigenvalue weighted by Crippen LogP contribution is -2.27. The summed E-state index contributed by atoms with van der Waals surface area (Å²) in [5.41, 5.74) is -0.554. The second kappa shape index (κ2) is 4.20. The Bertz CT molecular complexity index is 212. The molecule has 5 heteroatoms. The molecule has 0 aliphatic carbocycles. The molecule has 0 saturated carbocycles. The third kappa shape index (κ3) is 5.16. The van der Waals surface area contributed by atoms with Crippen molar-refractivity contribution in [3.8, 4) is 0 Å². The highest BCUT2D eigenvalue weighted by Gasteiger charge is 2.29. The van der Waals surface area contributed by atoms with E-state index in [1.165, 1.54) is 0 Å². The number of hydrogen-bond donors (Lipinski definition) is 1. The summed E-state index contributed by atoms with van der Waals surface area (Å²) in [6.07, 6.45) is 0.323. The van der Waals surface area contributed by atoms with Crippen molar-refractivity contribution in [3.63, 3.8) is 0 Å². The van der Waals surface area contributed by atoms with Gasteiger partial charge in [-0.05, 0) is 6.42 Å². The Hall–Kier alpha value is -1.13. The summed E-state index contributed by atoms with van der Waals surface area (Å²) < 4.78 is 0. The fraction of sp³-hybridized carbons (Fsp3) is 0.875. The number of hydrogen-bond acceptors (Lipinski definition) is 3. The van der Waals surface area contributed by atoms with Gasteiger partial charge in [0.2, 0.25) is 6.54 Å². The van der Waals surface area contributed by atoms with Crippen molar-refractivity contribution in [2.45, 2.75) is 27.2 Å². The quantitative estimate of drug-likeness (QED) is 0.523. The number of rotatable bonds is 5. The Balaban J connectivity index is 4.16. The van der Waals surface area contributed by atoms with Gasteiger partial charge in [0.05, 0.1) is 5.92 Å². The average Bonchev–Trinajstić information content (AvgIpc) is 1.81. The first kappa shape index (κ1) is 11.9. The number of carboxylic acid groups (broad SMARTS) is 1. The van der Waals surface area contributed by atoms with Crippen LogP contribution in [0.3, 0.4) is 0 Å². The fourth-order valence-electron chi connectivity index (χ4n) is 1.33. The van der Waals surface area contributed by atoms with Crippen molar-refractivity contribution in [1.82, 2.24) is 0 Å². The van der Waals surface area contributed by atoms with E-state index in [-0.39, 0.29) is 6.54 Å². The van der Waals surface area contributed by atoms with Gasteiger partial charge in [-0.25, -0.2) is 0 Å². The van der Waals surface area contributed by atoms with Gasteiger partial charge in [0.15, 0.2) is 0 Å². The van der Waals surface area contributed by atoms with E-state index >= 15 is 0 Å². The van der Waals surface area contributed by atoms with Crippen LogP contribution in [0.1, 0.15) is 27.2 Å². The van der Waals surface area contributed by atoms with Crippen LogP contribution in [0, 0.1) is 21.4 Å². The fourth-order valence-corrected chi connectivity index (χ4v) is 1.33. The number of carbonyl (C=O) groups is 1. The summed E-state index contributed by atoms with van der Waals surface area (Å²) in [7, 11) is 0.